The Hall–Kier alpha value is -3.28. The van der Waals surface area contributed by atoms with Gasteiger partial charge in [0.1, 0.15) is 18.0 Å². The highest BCUT2D eigenvalue weighted by molar-refractivity contribution is 5.94. The first-order valence-electron chi connectivity index (χ1n) is 8.09. The Balaban J connectivity index is 1.91. The van der Waals surface area contributed by atoms with Gasteiger partial charge in [0, 0.05) is 17.6 Å². The van der Waals surface area contributed by atoms with Crippen molar-refractivity contribution in [3.8, 4) is 5.69 Å². The number of aryl methyl sites for hydroxylation is 2. The molecular formula is C19H18N6. The second kappa shape index (κ2) is 5.98. The minimum Gasteiger partial charge on any atom is -0.324 e. The molecule has 6 nitrogen and oxygen atoms in total. The van der Waals surface area contributed by atoms with Crippen molar-refractivity contribution in [2.24, 2.45) is 0 Å². The molecular weight excluding hydrogens is 312 g/mol. The lowest BCUT2D eigenvalue weighted by molar-refractivity contribution is 1.00. The maximum atomic E-state index is 4.52. The van der Waals surface area contributed by atoms with Gasteiger partial charge in [0.2, 0.25) is 0 Å². The summed E-state index contributed by atoms with van der Waals surface area (Å²) in [4.78, 5) is 17.7. The third-order valence-corrected chi connectivity index (χ3v) is 4.33. The molecule has 0 bridgehead atoms. The molecule has 0 saturated heterocycles. The van der Waals surface area contributed by atoms with Crippen LogP contribution in [-0.2, 0) is 0 Å². The lowest BCUT2D eigenvalue weighted by Crippen LogP contribution is -2.00. The molecule has 0 atom stereocenters. The number of anilines is 2. The smallest absolute Gasteiger partial charge is 0.150 e. The predicted octanol–water partition coefficient (Wildman–Crippen LogP) is 3.88. The number of rotatable bonds is 3. The summed E-state index contributed by atoms with van der Waals surface area (Å²) < 4.78 is 2.11. The summed E-state index contributed by atoms with van der Waals surface area (Å²) in [7, 11) is 0. The molecule has 0 saturated carbocycles. The highest BCUT2D eigenvalue weighted by Gasteiger charge is 2.17. The summed E-state index contributed by atoms with van der Waals surface area (Å²) in [5, 5.41) is 4.32. The maximum absolute atomic E-state index is 4.52. The van der Waals surface area contributed by atoms with E-state index in [1.807, 2.05) is 43.5 Å². The van der Waals surface area contributed by atoms with Crippen molar-refractivity contribution in [2.45, 2.75) is 20.8 Å². The lowest BCUT2D eigenvalue weighted by atomic mass is 10.2. The Bertz CT molecular complexity index is 1050. The van der Waals surface area contributed by atoms with Gasteiger partial charge in [0.05, 0.1) is 17.3 Å². The molecule has 0 radical (unpaired) electrons. The zero-order valence-electron chi connectivity index (χ0n) is 14.4. The number of nitrogens with zero attached hydrogens (tertiary/aromatic N) is 5. The molecule has 0 aliphatic rings. The molecule has 4 heterocycles. The van der Waals surface area contributed by atoms with Crippen molar-refractivity contribution >= 4 is 22.7 Å². The van der Waals surface area contributed by atoms with Gasteiger partial charge >= 0.3 is 0 Å². The van der Waals surface area contributed by atoms with Crippen LogP contribution in [0.25, 0.3) is 16.7 Å². The molecule has 0 unspecified atom stereocenters. The predicted molar refractivity (Wildman–Crippen MR) is 98.4 cm³/mol. The summed E-state index contributed by atoms with van der Waals surface area (Å²) in [5.74, 6) is 1.53. The maximum Gasteiger partial charge on any atom is 0.150 e. The van der Waals surface area contributed by atoms with Crippen LogP contribution >= 0.6 is 0 Å². The molecule has 4 aromatic heterocycles. The van der Waals surface area contributed by atoms with Gasteiger partial charge in [0.15, 0.2) is 5.65 Å². The molecule has 0 aliphatic heterocycles. The van der Waals surface area contributed by atoms with Gasteiger partial charge in [0.25, 0.3) is 0 Å². The van der Waals surface area contributed by atoms with Crippen LogP contribution < -0.4 is 5.32 Å². The zero-order chi connectivity index (χ0) is 17.4. The SMILES string of the molecule is Cc1cccc(Nc2ncnc3c2c(C)c(C)n3-c2cccnc2)n1. The van der Waals surface area contributed by atoms with Gasteiger partial charge in [-0.1, -0.05) is 6.07 Å². The number of hydrogen-bond donors (Lipinski definition) is 1. The fraction of sp³-hybridized carbons (Fsp3) is 0.158. The van der Waals surface area contributed by atoms with E-state index in [2.05, 4.69) is 43.7 Å². The van der Waals surface area contributed by atoms with Gasteiger partial charge < -0.3 is 5.32 Å². The third-order valence-electron chi connectivity index (χ3n) is 4.33. The Morgan fingerprint density at radius 3 is 2.64 bits per heavy atom. The summed E-state index contributed by atoms with van der Waals surface area (Å²) in [6.45, 7) is 6.14. The number of hydrogen-bond acceptors (Lipinski definition) is 5. The van der Waals surface area contributed by atoms with Gasteiger partial charge in [-0.25, -0.2) is 15.0 Å². The highest BCUT2D eigenvalue weighted by Crippen LogP contribution is 2.32. The molecule has 0 aliphatic carbocycles. The Kier molecular flexibility index (Phi) is 3.65. The molecule has 4 rings (SSSR count). The minimum atomic E-state index is 0.756. The van der Waals surface area contributed by atoms with Crippen molar-refractivity contribution in [1.29, 1.82) is 0 Å². The highest BCUT2D eigenvalue weighted by atomic mass is 15.1. The van der Waals surface area contributed by atoms with Crippen molar-refractivity contribution in [1.82, 2.24) is 24.5 Å². The van der Waals surface area contributed by atoms with E-state index in [1.165, 1.54) is 0 Å². The number of nitrogens with one attached hydrogen (secondary N) is 1. The number of pyridine rings is 2. The summed E-state index contributed by atoms with van der Waals surface area (Å²) >= 11 is 0. The van der Waals surface area contributed by atoms with Crippen LogP contribution in [0.2, 0.25) is 0 Å². The van der Waals surface area contributed by atoms with Gasteiger partial charge in [-0.15, -0.1) is 0 Å². The minimum absolute atomic E-state index is 0.756. The van der Waals surface area contributed by atoms with E-state index < -0.39 is 0 Å². The molecule has 124 valence electrons. The van der Waals surface area contributed by atoms with Gasteiger partial charge in [-0.05, 0) is 50.6 Å². The van der Waals surface area contributed by atoms with Crippen molar-refractivity contribution in [2.75, 3.05) is 5.32 Å². The topological polar surface area (TPSA) is 68.5 Å². The second-order valence-corrected chi connectivity index (χ2v) is 5.97. The van der Waals surface area contributed by atoms with E-state index in [0.717, 1.165) is 45.3 Å². The second-order valence-electron chi connectivity index (χ2n) is 5.97. The van der Waals surface area contributed by atoms with Gasteiger partial charge in [-0.3, -0.25) is 9.55 Å². The first-order chi connectivity index (χ1) is 12.1. The molecule has 0 spiro atoms. The molecule has 4 aromatic rings. The van der Waals surface area contributed by atoms with Crippen LogP contribution in [-0.4, -0.2) is 24.5 Å². The first kappa shape index (κ1) is 15.3. The monoisotopic (exact) mass is 330 g/mol. The van der Waals surface area contributed by atoms with Crippen LogP contribution in [0, 0.1) is 20.8 Å². The summed E-state index contributed by atoms with van der Waals surface area (Å²) in [6, 6.07) is 9.82. The van der Waals surface area contributed by atoms with Crippen LogP contribution in [0.5, 0.6) is 0 Å². The van der Waals surface area contributed by atoms with E-state index in [9.17, 15) is 0 Å². The van der Waals surface area contributed by atoms with Crippen LogP contribution in [0.15, 0.2) is 49.1 Å². The van der Waals surface area contributed by atoms with E-state index in [4.69, 9.17) is 0 Å². The number of aromatic nitrogens is 5. The van der Waals surface area contributed by atoms with Crippen LogP contribution in [0.1, 0.15) is 17.0 Å². The molecule has 0 amide bonds. The van der Waals surface area contributed by atoms with Crippen LogP contribution in [0.4, 0.5) is 11.6 Å². The molecule has 1 N–H and O–H groups in total. The van der Waals surface area contributed by atoms with E-state index in [-0.39, 0.29) is 0 Å². The third kappa shape index (κ3) is 2.61. The lowest BCUT2D eigenvalue weighted by Gasteiger charge is -2.08. The summed E-state index contributed by atoms with van der Waals surface area (Å²) in [6.07, 6.45) is 5.18. The largest absolute Gasteiger partial charge is 0.324 e. The van der Waals surface area contributed by atoms with Gasteiger partial charge in [-0.2, -0.15) is 0 Å². The standard InChI is InChI=1S/C19H18N6/c1-12-6-4-8-16(23-12)24-18-17-13(2)14(3)25(19(17)22-11-21-18)15-7-5-9-20-10-15/h4-11H,1-3H3,(H,21,22,23,24). The van der Waals surface area contributed by atoms with E-state index in [0.29, 0.717) is 0 Å². The fourth-order valence-corrected chi connectivity index (χ4v) is 3.03. The number of fused-ring (bicyclic) bond motifs is 1. The average molecular weight is 330 g/mol. The normalized spacial score (nSPS) is 11.0. The molecule has 0 fully saturated rings. The summed E-state index contributed by atoms with van der Waals surface area (Å²) in [5.41, 5.74) is 5.04. The molecule has 6 heteroatoms. The quantitative estimate of drug-likeness (QED) is 0.617. The Labute approximate surface area is 145 Å². The Morgan fingerprint density at radius 1 is 1.00 bits per heavy atom. The average Bonchev–Trinajstić information content (AvgIpc) is 2.88. The molecule has 0 aromatic carbocycles. The van der Waals surface area contributed by atoms with Crippen LogP contribution in [0.3, 0.4) is 0 Å². The van der Waals surface area contributed by atoms with Crippen molar-refractivity contribution < 1.29 is 0 Å². The first-order valence-corrected chi connectivity index (χ1v) is 8.09. The Morgan fingerprint density at radius 2 is 1.88 bits per heavy atom. The van der Waals surface area contributed by atoms with Crippen molar-refractivity contribution in [3.63, 3.8) is 0 Å². The fourth-order valence-electron chi connectivity index (χ4n) is 3.03. The molecule has 25 heavy (non-hydrogen) atoms. The van der Waals surface area contributed by atoms with E-state index in [1.54, 1.807) is 12.5 Å². The zero-order valence-corrected chi connectivity index (χ0v) is 14.4. The van der Waals surface area contributed by atoms with E-state index >= 15 is 0 Å². The van der Waals surface area contributed by atoms with Crippen molar-refractivity contribution in [3.05, 3.63) is 66.0 Å².